The zero-order chi connectivity index (χ0) is 9.64. The third kappa shape index (κ3) is 1.12. The lowest BCUT2D eigenvalue weighted by molar-refractivity contribution is -0.218. The van der Waals surface area contributed by atoms with E-state index in [-0.39, 0.29) is 25.1 Å². The zero-order valence-corrected chi connectivity index (χ0v) is 7.22. The molecule has 4 unspecified atom stereocenters. The minimum absolute atomic E-state index is 0.154. The van der Waals surface area contributed by atoms with Gasteiger partial charge in [-0.3, -0.25) is 0 Å². The second kappa shape index (κ2) is 2.90. The molecule has 0 aromatic heterocycles. The molecular formula is C8H15NO4. The van der Waals surface area contributed by atoms with Crippen molar-refractivity contribution in [3.05, 3.63) is 0 Å². The van der Waals surface area contributed by atoms with Gasteiger partial charge in [0.05, 0.1) is 6.10 Å². The Morgan fingerprint density at radius 3 is 2.69 bits per heavy atom. The first-order chi connectivity index (χ1) is 6.09. The van der Waals surface area contributed by atoms with Crippen LogP contribution in [0.5, 0.6) is 0 Å². The number of piperidine rings is 2. The van der Waals surface area contributed by atoms with E-state index in [1.165, 1.54) is 0 Å². The number of aliphatic hydroxyl groups excluding tert-OH is 3. The summed E-state index contributed by atoms with van der Waals surface area (Å²) in [5, 5.41) is 41.0. The summed E-state index contributed by atoms with van der Waals surface area (Å²) in [6, 6.07) is -0.207. The van der Waals surface area contributed by atoms with Crippen LogP contribution in [0.25, 0.3) is 0 Å². The third-order valence-electron chi connectivity index (χ3n) is 3.36. The Bertz CT molecular complexity index is 208. The van der Waals surface area contributed by atoms with Gasteiger partial charge in [0.1, 0.15) is 11.7 Å². The SMILES string of the molecule is OCC1C[C@@H]2NCC1(O)C(O)C2O. The van der Waals surface area contributed by atoms with Crippen molar-refractivity contribution in [2.24, 2.45) is 5.92 Å². The Morgan fingerprint density at radius 1 is 1.38 bits per heavy atom. The molecule has 5 N–H and O–H groups in total. The molecule has 0 radical (unpaired) electrons. The lowest BCUT2D eigenvalue weighted by Crippen LogP contribution is -2.74. The summed E-state index contributed by atoms with van der Waals surface area (Å²) in [6.45, 7) is 0.0829. The Labute approximate surface area is 76.0 Å². The summed E-state index contributed by atoms with van der Waals surface area (Å²) in [5.41, 5.74) is -1.37. The van der Waals surface area contributed by atoms with E-state index in [1.807, 2.05) is 0 Å². The van der Waals surface area contributed by atoms with Crippen LogP contribution in [-0.2, 0) is 0 Å². The van der Waals surface area contributed by atoms with E-state index in [2.05, 4.69) is 5.32 Å². The third-order valence-corrected chi connectivity index (χ3v) is 3.36. The molecule has 5 atom stereocenters. The molecule has 5 nitrogen and oxygen atoms in total. The lowest BCUT2D eigenvalue weighted by atomic mass is 9.67. The van der Waals surface area contributed by atoms with Gasteiger partial charge in [0.15, 0.2) is 0 Å². The molecule has 3 fully saturated rings. The first-order valence-corrected chi connectivity index (χ1v) is 4.52. The van der Waals surface area contributed by atoms with E-state index in [4.69, 9.17) is 5.11 Å². The van der Waals surface area contributed by atoms with Crippen molar-refractivity contribution < 1.29 is 20.4 Å². The molecule has 13 heavy (non-hydrogen) atoms. The number of nitrogens with one attached hydrogen (secondary N) is 1. The van der Waals surface area contributed by atoms with Crippen molar-refractivity contribution in [1.29, 1.82) is 0 Å². The highest BCUT2D eigenvalue weighted by Gasteiger charge is 2.56. The molecule has 3 rings (SSSR count). The molecule has 2 aliphatic heterocycles. The Balaban J connectivity index is 2.25. The van der Waals surface area contributed by atoms with Crippen LogP contribution in [-0.4, -0.2) is 57.4 Å². The molecule has 0 aromatic rings. The largest absolute Gasteiger partial charge is 0.396 e. The molecule has 2 bridgehead atoms. The van der Waals surface area contributed by atoms with Crippen LogP contribution in [0.3, 0.4) is 0 Å². The van der Waals surface area contributed by atoms with Gasteiger partial charge in [-0.05, 0) is 6.42 Å². The topological polar surface area (TPSA) is 93.0 Å². The van der Waals surface area contributed by atoms with E-state index in [9.17, 15) is 15.3 Å². The van der Waals surface area contributed by atoms with Gasteiger partial charge >= 0.3 is 0 Å². The van der Waals surface area contributed by atoms with Crippen LogP contribution >= 0.6 is 0 Å². The van der Waals surface area contributed by atoms with Gasteiger partial charge in [0.2, 0.25) is 0 Å². The van der Waals surface area contributed by atoms with Crippen molar-refractivity contribution in [3.63, 3.8) is 0 Å². The molecule has 1 saturated carbocycles. The molecule has 2 heterocycles. The predicted octanol–water partition coefficient (Wildman–Crippen LogP) is -2.58. The summed E-state index contributed by atoms with van der Waals surface area (Å²) in [7, 11) is 0. The van der Waals surface area contributed by atoms with E-state index in [0.29, 0.717) is 6.42 Å². The number of rotatable bonds is 1. The first-order valence-electron chi connectivity index (χ1n) is 4.52. The predicted molar refractivity (Wildman–Crippen MR) is 43.9 cm³/mol. The average molecular weight is 189 g/mol. The maximum atomic E-state index is 9.98. The van der Waals surface area contributed by atoms with Crippen molar-refractivity contribution >= 4 is 0 Å². The standard InChI is InChI=1S/C8H15NO4/c10-2-4-1-5-6(11)7(12)8(4,13)3-9-5/h4-7,9-13H,1-3H2/t4?,5-,6?,7?,8?/m0/s1. The van der Waals surface area contributed by atoms with E-state index >= 15 is 0 Å². The van der Waals surface area contributed by atoms with Crippen LogP contribution in [0.2, 0.25) is 0 Å². The normalized spacial score (nSPS) is 55.4. The highest BCUT2D eigenvalue weighted by molar-refractivity contribution is 5.11. The van der Waals surface area contributed by atoms with Gasteiger partial charge in [-0.25, -0.2) is 0 Å². The van der Waals surface area contributed by atoms with E-state index < -0.39 is 17.8 Å². The molecular weight excluding hydrogens is 174 g/mol. The van der Waals surface area contributed by atoms with Crippen molar-refractivity contribution in [3.8, 4) is 0 Å². The second-order valence-corrected chi connectivity index (χ2v) is 4.03. The number of hydrogen-bond donors (Lipinski definition) is 5. The first kappa shape index (κ1) is 9.36. The van der Waals surface area contributed by atoms with E-state index in [1.54, 1.807) is 0 Å². The van der Waals surface area contributed by atoms with Crippen molar-refractivity contribution in [1.82, 2.24) is 5.32 Å². The minimum Gasteiger partial charge on any atom is -0.396 e. The van der Waals surface area contributed by atoms with Crippen LogP contribution in [0.15, 0.2) is 0 Å². The summed E-state index contributed by atoms with van der Waals surface area (Å²) < 4.78 is 0. The lowest BCUT2D eigenvalue weighted by Gasteiger charge is -2.54. The molecule has 76 valence electrons. The molecule has 5 heteroatoms. The monoisotopic (exact) mass is 189 g/mol. The molecule has 2 saturated heterocycles. The smallest absolute Gasteiger partial charge is 0.112 e. The zero-order valence-electron chi connectivity index (χ0n) is 7.22. The van der Waals surface area contributed by atoms with Gasteiger partial charge in [-0.2, -0.15) is 0 Å². The summed E-state index contributed by atoms with van der Waals surface area (Å²) in [4.78, 5) is 0. The average Bonchev–Trinajstić information content (AvgIpc) is 2.14. The molecule has 0 aromatic carbocycles. The van der Waals surface area contributed by atoms with Crippen LogP contribution < -0.4 is 5.32 Å². The highest BCUT2D eigenvalue weighted by atomic mass is 16.4. The minimum atomic E-state index is -1.37. The second-order valence-electron chi connectivity index (χ2n) is 4.03. The van der Waals surface area contributed by atoms with Gasteiger partial charge in [-0.15, -0.1) is 0 Å². The molecule has 3 aliphatic rings. The molecule has 0 spiro atoms. The van der Waals surface area contributed by atoms with Gasteiger partial charge < -0.3 is 25.7 Å². The Hall–Kier alpha value is -0.200. The van der Waals surface area contributed by atoms with Gasteiger partial charge in [0.25, 0.3) is 0 Å². The quantitative estimate of drug-likeness (QED) is 0.312. The molecule has 1 aliphatic carbocycles. The van der Waals surface area contributed by atoms with Crippen LogP contribution in [0, 0.1) is 5.92 Å². The van der Waals surface area contributed by atoms with Gasteiger partial charge in [-0.1, -0.05) is 0 Å². The van der Waals surface area contributed by atoms with Crippen molar-refractivity contribution in [2.45, 2.75) is 30.3 Å². The highest BCUT2D eigenvalue weighted by Crippen LogP contribution is 2.37. The fourth-order valence-corrected chi connectivity index (χ4v) is 2.39. The number of fused-ring (bicyclic) bond motifs is 3. The fraction of sp³-hybridized carbons (Fsp3) is 1.00. The summed E-state index contributed by atoms with van der Waals surface area (Å²) >= 11 is 0. The number of aliphatic hydroxyl groups is 4. The Morgan fingerprint density at radius 2 is 2.08 bits per heavy atom. The molecule has 0 amide bonds. The maximum absolute atomic E-state index is 9.98. The van der Waals surface area contributed by atoms with Crippen molar-refractivity contribution in [2.75, 3.05) is 13.2 Å². The summed E-state index contributed by atoms with van der Waals surface area (Å²) in [5.74, 6) is -0.336. The number of hydrogen-bond acceptors (Lipinski definition) is 5. The Kier molecular flexibility index (Phi) is 2.08. The van der Waals surface area contributed by atoms with E-state index in [0.717, 1.165) is 0 Å². The van der Waals surface area contributed by atoms with Crippen LogP contribution in [0.4, 0.5) is 0 Å². The maximum Gasteiger partial charge on any atom is 0.112 e. The van der Waals surface area contributed by atoms with Gasteiger partial charge in [0, 0.05) is 25.1 Å². The van der Waals surface area contributed by atoms with Crippen LogP contribution in [0.1, 0.15) is 6.42 Å². The fourth-order valence-electron chi connectivity index (χ4n) is 2.39. The summed E-state index contributed by atoms with van der Waals surface area (Å²) in [6.07, 6.45) is -1.57.